The Morgan fingerprint density at radius 2 is 1.58 bits per heavy atom. The van der Waals surface area contributed by atoms with Gasteiger partial charge in [-0.05, 0) is 74.8 Å². The topological polar surface area (TPSA) is 114 Å². The van der Waals surface area contributed by atoms with Crippen LogP contribution in [0.5, 0.6) is 0 Å². The summed E-state index contributed by atoms with van der Waals surface area (Å²) in [5.74, 6) is -0.643. The summed E-state index contributed by atoms with van der Waals surface area (Å²) in [5.41, 5.74) is 3.22. The maximum absolute atomic E-state index is 14.4. The van der Waals surface area contributed by atoms with E-state index >= 15 is 0 Å². The lowest BCUT2D eigenvalue weighted by Gasteiger charge is -2.43. The first-order valence-corrected chi connectivity index (χ1v) is 17.6. The predicted molar refractivity (Wildman–Crippen MR) is 191 cm³/mol. The third kappa shape index (κ3) is 6.90. The van der Waals surface area contributed by atoms with Crippen molar-refractivity contribution in [2.75, 3.05) is 71.0 Å². The number of aromatic amines is 1. The number of likely N-dealkylation sites (tertiary alicyclic amines) is 1. The average molecular weight is 680 g/mol. The number of rotatable bonds is 10. The summed E-state index contributed by atoms with van der Waals surface area (Å²) in [6.45, 7) is 6.39. The molecule has 0 unspecified atom stereocenters. The molecule has 0 radical (unpaired) electrons. The second-order valence-electron chi connectivity index (χ2n) is 13.7. The summed E-state index contributed by atoms with van der Waals surface area (Å²) < 4.78 is 7.21. The van der Waals surface area contributed by atoms with Crippen molar-refractivity contribution in [3.8, 4) is 0 Å². The smallest absolute Gasteiger partial charge is 0.338 e. The number of nitrogens with one attached hydrogen (secondary N) is 1. The number of ether oxygens (including phenoxy) is 1. The Kier molecular flexibility index (Phi) is 9.73. The number of likely N-dealkylation sites (N-methyl/N-ethyl adjacent to an activating group) is 1. The summed E-state index contributed by atoms with van der Waals surface area (Å²) in [6, 6.07) is 25.0. The lowest BCUT2D eigenvalue weighted by molar-refractivity contribution is -0.136. The van der Waals surface area contributed by atoms with Crippen molar-refractivity contribution in [2.24, 2.45) is 0 Å². The molecule has 262 valence electrons. The van der Waals surface area contributed by atoms with Crippen LogP contribution in [0.3, 0.4) is 0 Å². The normalized spacial score (nSPS) is 18.3. The van der Waals surface area contributed by atoms with Crippen LogP contribution < -0.4 is 10.6 Å². The molecule has 3 aliphatic heterocycles. The summed E-state index contributed by atoms with van der Waals surface area (Å²) >= 11 is 0. The maximum atomic E-state index is 14.4. The SMILES string of the molecule is CN1CCN(C(=O)COC(=O)c2cccc(CN3CN(c4ccccc4)C4(CCN(CCCn5c(=O)[nH]c6ccccc65)CC4)C3=O)c2)CC1. The van der Waals surface area contributed by atoms with Crippen LogP contribution in [0.1, 0.15) is 35.2 Å². The molecule has 4 aromatic rings. The van der Waals surface area contributed by atoms with Crippen molar-refractivity contribution in [3.05, 3.63) is 100 Å². The number of H-pyrrole nitrogens is 1. The van der Waals surface area contributed by atoms with E-state index in [1.54, 1.807) is 27.7 Å². The number of piperazine rings is 1. The van der Waals surface area contributed by atoms with Crippen molar-refractivity contribution >= 4 is 34.5 Å². The van der Waals surface area contributed by atoms with E-state index < -0.39 is 11.5 Å². The number of benzene rings is 3. The lowest BCUT2D eigenvalue weighted by atomic mass is 9.85. The molecule has 3 fully saturated rings. The van der Waals surface area contributed by atoms with Crippen molar-refractivity contribution in [2.45, 2.75) is 37.9 Å². The van der Waals surface area contributed by atoms with Gasteiger partial charge in [0, 0.05) is 58.0 Å². The largest absolute Gasteiger partial charge is 0.452 e. The quantitative estimate of drug-likeness (QED) is 0.255. The number of carbonyl (C=O) groups is 3. The second-order valence-corrected chi connectivity index (χ2v) is 13.7. The molecule has 12 nitrogen and oxygen atoms in total. The first-order valence-electron chi connectivity index (χ1n) is 17.6. The van der Waals surface area contributed by atoms with Crippen LogP contribution in [0.2, 0.25) is 0 Å². The highest BCUT2D eigenvalue weighted by molar-refractivity contribution is 5.94. The number of imidazole rings is 1. The molecule has 1 aromatic heterocycles. The Morgan fingerprint density at radius 3 is 2.36 bits per heavy atom. The van der Waals surface area contributed by atoms with Gasteiger partial charge in [-0.3, -0.25) is 14.2 Å². The number of aromatic nitrogens is 2. The molecule has 0 saturated carbocycles. The number of fused-ring (bicyclic) bond motifs is 1. The Labute approximate surface area is 291 Å². The first-order chi connectivity index (χ1) is 24.3. The highest BCUT2D eigenvalue weighted by atomic mass is 16.5. The van der Waals surface area contributed by atoms with E-state index in [1.807, 2.05) is 60.5 Å². The van der Waals surface area contributed by atoms with Gasteiger partial charge >= 0.3 is 11.7 Å². The van der Waals surface area contributed by atoms with Crippen LogP contribution in [0.4, 0.5) is 5.69 Å². The number of carbonyl (C=O) groups excluding carboxylic acids is 3. The fourth-order valence-corrected chi connectivity index (χ4v) is 7.62. The number of nitrogens with zero attached hydrogens (tertiary/aromatic N) is 6. The minimum absolute atomic E-state index is 0.0855. The highest BCUT2D eigenvalue weighted by Gasteiger charge is 2.53. The van der Waals surface area contributed by atoms with Crippen LogP contribution in [-0.2, 0) is 27.4 Å². The highest BCUT2D eigenvalue weighted by Crippen LogP contribution is 2.40. The average Bonchev–Trinajstić information content (AvgIpc) is 3.60. The van der Waals surface area contributed by atoms with Crippen LogP contribution in [-0.4, -0.2) is 119 Å². The molecule has 3 saturated heterocycles. The van der Waals surface area contributed by atoms with Crippen LogP contribution in [0.15, 0.2) is 83.7 Å². The van der Waals surface area contributed by atoms with Gasteiger partial charge in [-0.1, -0.05) is 42.5 Å². The summed E-state index contributed by atoms with van der Waals surface area (Å²) in [7, 11) is 2.02. The number of esters is 1. The zero-order valence-corrected chi connectivity index (χ0v) is 28.6. The van der Waals surface area contributed by atoms with Gasteiger partial charge in [0.2, 0.25) is 5.91 Å². The molecule has 2 amide bonds. The van der Waals surface area contributed by atoms with E-state index in [0.717, 1.165) is 61.4 Å². The molecular formula is C38H45N7O5. The fourth-order valence-electron chi connectivity index (χ4n) is 7.62. The van der Waals surface area contributed by atoms with Crippen LogP contribution >= 0.6 is 0 Å². The standard InChI is InChI=1S/C38H45N7O5/c1-40-21-23-42(24-22-40)34(46)27-50-35(47)30-10-7-9-29(25-30)26-43-28-45(31-11-3-2-4-12-31)38(36(43)48)15-19-41(20-16-38)17-8-18-44-33-14-6-5-13-32(33)39-37(44)49/h2-7,9-14,25H,8,15-24,26-28H2,1H3,(H,39,49). The van der Waals surface area contributed by atoms with E-state index in [4.69, 9.17) is 4.74 Å². The van der Waals surface area contributed by atoms with Crippen molar-refractivity contribution in [1.29, 1.82) is 0 Å². The zero-order chi connectivity index (χ0) is 34.7. The molecule has 3 aliphatic rings. The molecule has 0 aliphatic carbocycles. The van der Waals surface area contributed by atoms with Crippen LogP contribution in [0.25, 0.3) is 11.0 Å². The molecule has 3 aromatic carbocycles. The van der Waals surface area contributed by atoms with Gasteiger partial charge in [-0.2, -0.15) is 0 Å². The molecule has 12 heteroatoms. The van der Waals surface area contributed by atoms with Gasteiger partial charge < -0.3 is 34.2 Å². The summed E-state index contributed by atoms with van der Waals surface area (Å²) in [5, 5.41) is 0. The Balaban J connectivity index is 0.984. The van der Waals surface area contributed by atoms with Gasteiger partial charge in [0.1, 0.15) is 5.54 Å². The van der Waals surface area contributed by atoms with Gasteiger partial charge in [0.05, 0.1) is 23.3 Å². The van der Waals surface area contributed by atoms with Crippen LogP contribution in [0, 0.1) is 0 Å². The number of piperidine rings is 1. The Morgan fingerprint density at radius 1 is 0.840 bits per heavy atom. The third-order valence-electron chi connectivity index (χ3n) is 10.5. The van der Waals surface area contributed by atoms with Gasteiger partial charge in [0.25, 0.3) is 5.91 Å². The number of hydrogen-bond acceptors (Lipinski definition) is 8. The molecule has 0 atom stereocenters. The minimum Gasteiger partial charge on any atom is -0.452 e. The van der Waals surface area contributed by atoms with Crippen molar-refractivity contribution < 1.29 is 19.1 Å². The van der Waals surface area contributed by atoms with Crippen molar-refractivity contribution in [3.63, 3.8) is 0 Å². The second kappa shape index (κ2) is 14.5. The van der Waals surface area contributed by atoms with Crippen molar-refractivity contribution in [1.82, 2.24) is 29.2 Å². The number of para-hydroxylation sites is 3. The van der Waals surface area contributed by atoms with E-state index in [1.165, 1.54) is 0 Å². The summed E-state index contributed by atoms with van der Waals surface area (Å²) in [6.07, 6.45) is 2.22. The Hall–Kier alpha value is -4.94. The van der Waals surface area contributed by atoms with Gasteiger partial charge in [-0.15, -0.1) is 0 Å². The minimum atomic E-state index is -0.661. The molecule has 1 N–H and O–H groups in total. The van der Waals surface area contributed by atoms with E-state index in [0.29, 0.717) is 51.3 Å². The number of hydrogen-bond donors (Lipinski definition) is 1. The number of anilines is 1. The maximum Gasteiger partial charge on any atom is 0.338 e. The van der Waals surface area contributed by atoms with E-state index in [2.05, 4.69) is 31.8 Å². The fraction of sp³-hybridized carbons (Fsp3) is 0.421. The number of aryl methyl sites for hydroxylation is 1. The molecule has 4 heterocycles. The summed E-state index contributed by atoms with van der Waals surface area (Å²) in [4.78, 5) is 65.8. The third-order valence-corrected chi connectivity index (χ3v) is 10.5. The molecule has 1 spiro atoms. The monoisotopic (exact) mass is 679 g/mol. The lowest BCUT2D eigenvalue weighted by Crippen LogP contribution is -2.56. The first kappa shape index (κ1) is 33.6. The van der Waals surface area contributed by atoms with Gasteiger partial charge in [-0.25, -0.2) is 9.59 Å². The Bertz CT molecular complexity index is 1890. The molecule has 7 rings (SSSR count). The van der Waals surface area contributed by atoms with E-state index in [9.17, 15) is 19.2 Å². The molecule has 50 heavy (non-hydrogen) atoms. The van der Waals surface area contributed by atoms with Gasteiger partial charge in [0.15, 0.2) is 6.61 Å². The zero-order valence-electron chi connectivity index (χ0n) is 28.6. The van der Waals surface area contributed by atoms with E-state index in [-0.39, 0.29) is 24.1 Å². The molecular weight excluding hydrogens is 634 g/mol. The predicted octanol–water partition coefficient (Wildman–Crippen LogP) is 2.99. The number of amides is 2. The molecule has 0 bridgehead atoms.